The summed E-state index contributed by atoms with van der Waals surface area (Å²) in [4.78, 5) is 22.2. The van der Waals surface area contributed by atoms with Crippen molar-refractivity contribution in [3.05, 3.63) is 29.8 Å². The monoisotopic (exact) mass is 281 g/mol. The number of hydrogen-bond acceptors (Lipinski definition) is 3. The summed E-state index contributed by atoms with van der Waals surface area (Å²) < 4.78 is 0. The van der Waals surface area contributed by atoms with Crippen LogP contribution in [0.5, 0.6) is 0 Å². The summed E-state index contributed by atoms with van der Waals surface area (Å²) in [6, 6.07) is 7.72. The van der Waals surface area contributed by atoms with Crippen molar-refractivity contribution >= 4 is 29.3 Å². The average molecular weight is 281 g/mol. The summed E-state index contributed by atoms with van der Waals surface area (Å²) in [5.41, 5.74) is 1.99. The van der Waals surface area contributed by atoms with E-state index in [2.05, 4.69) is 12.2 Å². The van der Waals surface area contributed by atoms with Crippen molar-refractivity contribution in [1.29, 1.82) is 0 Å². The highest BCUT2D eigenvalue weighted by atomic mass is 32.2. The van der Waals surface area contributed by atoms with Crippen LogP contribution in [0.2, 0.25) is 0 Å². The highest BCUT2D eigenvalue weighted by Crippen LogP contribution is 2.13. The van der Waals surface area contributed by atoms with Gasteiger partial charge < -0.3 is 10.4 Å². The molecule has 0 radical (unpaired) electrons. The number of carbonyl (C=O) groups is 2. The number of rotatable bonds is 7. The number of thioether (sulfide) groups is 1. The highest BCUT2D eigenvalue weighted by Gasteiger charge is 2.13. The smallest absolute Gasteiger partial charge is 0.316 e. The van der Waals surface area contributed by atoms with E-state index in [1.807, 2.05) is 24.3 Å². The Balaban J connectivity index is 2.41. The van der Waals surface area contributed by atoms with Gasteiger partial charge in [-0.25, -0.2) is 0 Å². The number of benzene rings is 1. The van der Waals surface area contributed by atoms with E-state index in [0.29, 0.717) is 0 Å². The van der Waals surface area contributed by atoms with E-state index in [-0.39, 0.29) is 11.7 Å². The molecular weight excluding hydrogens is 262 g/mol. The molecule has 104 valence electrons. The average Bonchev–Trinajstić information content (AvgIpc) is 2.38. The molecule has 0 aromatic heterocycles. The number of aliphatic carboxylic acids is 1. The Labute approximate surface area is 117 Å². The van der Waals surface area contributed by atoms with Crippen LogP contribution in [0, 0.1) is 0 Å². The van der Waals surface area contributed by atoms with E-state index in [4.69, 9.17) is 5.11 Å². The van der Waals surface area contributed by atoms with E-state index >= 15 is 0 Å². The molecule has 0 saturated carbocycles. The third-order valence-electron chi connectivity index (χ3n) is 2.59. The van der Waals surface area contributed by atoms with Crippen molar-refractivity contribution in [3.63, 3.8) is 0 Å². The molecule has 19 heavy (non-hydrogen) atoms. The number of nitrogens with one attached hydrogen (secondary N) is 1. The molecule has 1 rings (SSSR count). The Kier molecular flexibility index (Phi) is 6.42. The topological polar surface area (TPSA) is 66.4 Å². The first-order chi connectivity index (χ1) is 9.02. The van der Waals surface area contributed by atoms with Crippen molar-refractivity contribution in [2.75, 3.05) is 11.1 Å². The summed E-state index contributed by atoms with van der Waals surface area (Å²) in [7, 11) is 0. The van der Waals surface area contributed by atoms with Crippen LogP contribution in [0.1, 0.15) is 25.8 Å². The van der Waals surface area contributed by atoms with Crippen LogP contribution in [0.3, 0.4) is 0 Å². The van der Waals surface area contributed by atoms with E-state index in [1.165, 1.54) is 5.56 Å². The normalized spacial score (nSPS) is 11.9. The SMILES string of the molecule is CCCc1ccc(NC(=O)CSC(C)C(=O)O)cc1. The fraction of sp³-hybridized carbons (Fsp3) is 0.429. The maximum Gasteiger partial charge on any atom is 0.316 e. The molecular formula is C14H19NO3S. The molecule has 0 aliphatic carbocycles. The van der Waals surface area contributed by atoms with Crippen LogP contribution in [-0.4, -0.2) is 28.0 Å². The maximum atomic E-state index is 11.6. The summed E-state index contributed by atoms with van der Waals surface area (Å²) in [6.45, 7) is 3.69. The third kappa shape index (κ3) is 5.79. The van der Waals surface area contributed by atoms with Crippen LogP contribution >= 0.6 is 11.8 Å². The first-order valence-corrected chi connectivity index (χ1v) is 7.31. The Morgan fingerprint density at radius 3 is 2.47 bits per heavy atom. The largest absolute Gasteiger partial charge is 0.480 e. The molecule has 0 aliphatic heterocycles. The molecule has 5 heteroatoms. The minimum atomic E-state index is -0.901. The first kappa shape index (κ1) is 15.6. The fourth-order valence-corrected chi connectivity index (χ4v) is 2.13. The predicted molar refractivity (Wildman–Crippen MR) is 78.6 cm³/mol. The van der Waals surface area contributed by atoms with Crippen LogP contribution in [-0.2, 0) is 16.0 Å². The van der Waals surface area contributed by atoms with Crippen LogP contribution < -0.4 is 5.32 Å². The Morgan fingerprint density at radius 2 is 1.95 bits per heavy atom. The summed E-state index contributed by atoms with van der Waals surface area (Å²) in [5.74, 6) is -0.937. The zero-order chi connectivity index (χ0) is 14.3. The lowest BCUT2D eigenvalue weighted by Crippen LogP contribution is -2.19. The van der Waals surface area contributed by atoms with Crippen molar-refractivity contribution in [1.82, 2.24) is 0 Å². The Bertz CT molecular complexity index is 431. The van der Waals surface area contributed by atoms with Gasteiger partial charge in [-0.15, -0.1) is 11.8 Å². The second-order valence-corrected chi connectivity index (χ2v) is 5.62. The first-order valence-electron chi connectivity index (χ1n) is 6.26. The van der Waals surface area contributed by atoms with E-state index in [1.54, 1.807) is 6.92 Å². The molecule has 1 aromatic carbocycles. The third-order valence-corrected chi connectivity index (χ3v) is 3.72. The molecule has 4 nitrogen and oxygen atoms in total. The second kappa shape index (κ2) is 7.84. The number of carbonyl (C=O) groups excluding carboxylic acids is 1. The highest BCUT2D eigenvalue weighted by molar-refractivity contribution is 8.01. The van der Waals surface area contributed by atoms with Crippen LogP contribution in [0.4, 0.5) is 5.69 Å². The minimum Gasteiger partial charge on any atom is -0.480 e. The summed E-state index contributed by atoms with van der Waals surface area (Å²) in [5, 5.41) is 10.9. The van der Waals surface area contributed by atoms with Gasteiger partial charge in [0.15, 0.2) is 0 Å². The lowest BCUT2D eigenvalue weighted by molar-refractivity contribution is -0.136. The number of hydrogen-bond donors (Lipinski definition) is 2. The molecule has 0 heterocycles. The number of carboxylic acid groups (broad SMARTS) is 1. The van der Waals surface area contributed by atoms with Gasteiger partial charge in [0, 0.05) is 5.69 Å². The zero-order valence-corrected chi connectivity index (χ0v) is 12.0. The van der Waals surface area contributed by atoms with Gasteiger partial charge in [0.25, 0.3) is 0 Å². The zero-order valence-electron chi connectivity index (χ0n) is 11.2. The van der Waals surface area contributed by atoms with Crippen molar-refractivity contribution in [2.24, 2.45) is 0 Å². The van der Waals surface area contributed by atoms with Crippen LogP contribution in [0.15, 0.2) is 24.3 Å². The van der Waals surface area contributed by atoms with Crippen LogP contribution in [0.25, 0.3) is 0 Å². The quantitative estimate of drug-likeness (QED) is 0.806. The number of aryl methyl sites for hydroxylation is 1. The molecule has 1 atom stereocenters. The molecule has 1 aromatic rings. The second-order valence-electron chi connectivity index (χ2n) is 4.29. The van der Waals surface area contributed by atoms with Gasteiger partial charge in [0.1, 0.15) is 0 Å². The maximum absolute atomic E-state index is 11.6. The fourth-order valence-electron chi connectivity index (χ4n) is 1.51. The molecule has 1 amide bonds. The number of anilines is 1. The van der Waals surface area contributed by atoms with E-state index < -0.39 is 11.2 Å². The summed E-state index contributed by atoms with van der Waals surface area (Å²) >= 11 is 1.11. The van der Waals surface area contributed by atoms with Gasteiger partial charge >= 0.3 is 5.97 Å². The van der Waals surface area contributed by atoms with E-state index in [0.717, 1.165) is 30.3 Å². The molecule has 0 aliphatic rings. The minimum absolute atomic E-state index is 0.143. The van der Waals surface area contributed by atoms with E-state index in [9.17, 15) is 9.59 Å². The molecule has 0 fully saturated rings. The standard InChI is InChI=1S/C14H19NO3S/c1-3-4-11-5-7-12(8-6-11)15-13(16)9-19-10(2)14(17)18/h5-8,10H,3-4,9H2,1-2H3,(H,15,16)(H,17,18). The Morgan fingerprint density at radius 1 is 1.32 bits per heavy atom. The lowest BCUT2D eigenvalue weighted by Gasteiger charge is -2.08. The van der Waals surface area contributed by atoms with Gasteiger partial charge in [0.2, 0.25) is 5.91 Å². The Hall–Kier alpha value is -1.49. The molecule has 0 bridgehead atoms. The van der Waals surface area contributed by atoms with Crippen molar-refractivity contribution < 1.29 is 14.7 Å². The molecule has 2 N–H and O–H groups in total. The van der Waals surface area contributed by atoms with Gasteiger partial charge in [0.05, 0.1) is 11.0 Å². The number of carboxylic acids is 1. The predicted octanol–water partition coefficient (Wildman–Crippen LogP) is 2.78. The van der Waals surface area contributed by atoms with Crippen molar-refractivity contribution in [2.45, 2.75) is 31.9 Å². The van der Waals surface area contributed by atoms with Gasteiger partial charge in [-0.2, -0.15) is 0 Å². The van der Waals surface area contributed by atoms with Gasteiger partial charge in [-0.1, -0.05) is 25.5 Å². The van der Waals surface area contributed by atoms with Crippen molar-refractivity contribution in [3.8, 4) is 0 Å². The lowest BCUT2D eigenvalue weighted by atomic mass is 10.1. The van der Waals surface area contributed by atoms with Gasteiger partial charge in [-0.3, -0.25) is 9.59 Å². The molecule has 1 unspecified atom stereocenters. The molecule has 0 spiro atoms. The molecule has 0 saturated heterocycles. The van der Waals surface area contributed by atoms with Gasteiger partial charge in [-0.05, 0) is 31.0 Å². The summed E-state index contributed by atoms with van der Waals surface area (Å²) in [6.07, 6.45) is 2.12. The number of amides is 1.